The molecule has 4 N–H and O–H groups in total. The van der Waals surface area contributed by atoms with Crippen LogP contribution >= 0.6 is 0 Å². The topological polar surface area (TPSA) is 125 Å². The van der Waals surface area contributed by atoms with Gasteiger partial charge in [-0.25, -0.2) is 4.79 Å². The first-order valence-electron chi connectivity index (χ1n) is 5.09. The second-order valence-electron chi connectivity index (χ2n) is 3.87. The maximum Gasteiger partial charge on any atom is 0.330 e. The summed E-state index contributed by atoms with van der Waals surface area (Å²) in [7, 11) is 0. The van der Waals surface area contributed by atoms with E-state index in [-0.39, 0.29) is 0 Å². The number of aliphatic hydroxyl groups is 3. The van der Waals surface area contributed by atoms with E-state index < -0.39 is 48.2 Å². The third kappa shape index (κ3) is 1.97. The Hall–Kier alpha value is -1.55. The van der Waals surface area contributed by atoms with Gasteiger partial charge in [0.25, 0.3) is 5.56 Å². The van der Waals surface area contributed by atoms with E-state index in [2.05, 4.69) is 0 Å². The van der Waals surface area contributed by atoms with E-state index in [1.807, 2.05) is 0 Å². The first-order valence-corrected chi connectivity index (χ1v) is 5.09. The zero-order chi connectivity index (χ0) is 13.4. The fourth-order valence-corrected chi connectivity index (χ4v) is 1.76. The molecule has 100 valence electrons. The lowest BCUT2D eigenvalue weighted by atomic mass is 10.1. The van der Waals surface area contributed by atoms with Gasteiger partial charge in [-0.2, -0.15) is 4.39 Å². The molecule has 0 aliphatic carbocycles. The van der Waals surface area contributed by atoms with Crippen LogP contribution in [0, 0.1) is 5.82 Å². The summed E-state index contributed by atoms with van der Waals surface area (Å²) in [6.45, 7) is -0.574. The van der Waals surface area contributed by atoms with Gasteiger partial charge in [0.2, 0.25) is 5.82 Å². The Labute approximate surface area is 98.9 Å². The summed E-state index contributed by atoms with van der Waals surface area (Å²) in [5.41, 5.74) is -2.18. The second-order valence-corrected chi connectivity index (χ2v) is 3.87. The van der Waals surface area contributed by atoms with Gasteiger partial charge in [0.05, 0.1) is 12.8 Å². The van der Waals surface area contributed by atoms with E-state index in [1.54, 1.807) is 4.98 Å². The van der Waals surface area contributed by atoms with Crippen molar-refractivity contribution in [3.05, 3.63) is 32.9 Å². The molecule has 1 fully saturated rings. The molecule has 0 amide bonds. The summed E-state index contributed by atoms with van der Waals surface area (Å²) >= 11 is 0. The monoisotopic (exact) mass is 262 g/mol. The van der Waals surface area contributed by atoms with Gasteiger partial charge in [0.1, 0.15) is 18.3 Å². The number of rotatable bonds is 2. The van der Waals surface area contributed by atoms with Crippen LogP contribution in [0.15, 0.2) is 15.8 Å². The van der Waals surface area contributed by atoms with Crippen LogP contribution in [0.3, 0.4) is 0 Å². The second kappa shape index (κ2) is 4.61. The van der Waals surface area contributed by atoms with Gasteiger partial charge >= 0.3 is 5.69 Å². The molecule has 0 bridgehead atoms. The molecule has 8 nitrogen and oxygen atoms in total. The molecule has 1 aromatic rings. The molecule has 0 saturated carbocycles. The number of nitrogens with zero attached hydrogens (tertiary/aromatic N) is 1. The molecule has 4 atom stereocenters. The summed E-state index contributed by atoms with van der Waals surface area (Å²) in [5, 5.41) is 28.0. The molecule has 0 spiro atoms. The number of H-pyrrole nitrogens is 1. The van der Waals surface area contributed by atoms with E-state index in [0.717, 1.165) is 0 Å². The van der Waals surface area contributed by atoms with Crippen molar-refractivity contribution in [2.75, 3.05) is 6.61 Å². The fraction of sp³-hybridized carbons (Fsp3) is 0.556. The zero-order valence-electron chi connectivity index (χ0n) is 8.99. The van der Waals surface area contributed by atoms with Gasteiger partial charge in [0.15, 0.2) is 6.23 Å². The van der Waals surface area contributed by atoms with Crippen LogP contribution < -0.4 is 11.2 Å². The first kappa shape index (κ1) is 12.9. The van der Waals surface area contributed by atoms with E-state index in [0.29, 0.717) is 10.8 Å². The molecule has 0 aromatic carbocycles. The van der Waals surface area contributed by atoms with Crippen LogP contribution in [0.4, 0.5) is 4.39 Å². The number of ether oxygens (including phenoxy) is 1. The van der Waals surface area contributed by atoms with E-state index in [1.165, 1.54) is 0 Å². The minimum Gasteiger partial charge on any atom is -0.394 e. The van der Waals surface area contributed by atoms with Crippen molar-refractivity contribution in [1.82, 2.24) is 9.55 Å². The van der Waals surface area contributed by atoms with Gasteiger partial charge in [-0.05, 0) is 0 Å². The van der Waals surface area contributed by atoms with Gasteiger partial charge in [-0.1, -0.05) is 0 Å². The number of hydrogen-bond acceptors (Lipinski definition) is 6. The third-order valence-electron chi connectivity index (χ3n) is 2.72. The van der Waals surface area contributed by atoms with Crippen molar-refractivity contribution in [3.8, 4) is 0 Å². The molecule has 2 rings (SSSR count). The Bertz CT molecular complexity index is 555. The number of aromatic nitrogens is 2. The van der Waals surface area contributed by atoms with E-state index >= 15 is 0 Å². The average molecular weight is 262 g/mol. The minimum absolute atomic E-state index is 0.571. The van der Waals surface area contributed by atoms with E-state index in [9.17, 15) is 24.2 Å². The van der Waals surface area contributed by atoms with Crippen molar-refractivity contribution in [3.63, 3.8) is 0 Å². The van der Waals surface area contributed by atoms with Crippen molar-refractivity contribution in [1.29, 1.82) is 0 Å². The number of halogens is 1. The normalized spacial score (nSPS) is 31.8. The van der Waals surface area contributed by atoms with Crippen LogP contribution in [0.1, 0.15) is 6.23 Å². The molecule has 9 heteroatoms. The predicted octanol–water partition coefficient (Wildman–Crippen LogP) is -2.71. The molecular formula is C9H11FN2O6. The number of hydrogen-bond donors (Lipinski definition) is 4. The van der Waals surface area contributed by atoms with Crippen LogP contribution in [0.2, 0.25) is 0 Å². The molecule has 1 aliphatic heterocycles. The van der Waals surface area contributed by atoms with Gasteiger partial charge in [-0.15, -0.1) is 0 Å². The Kier molecular flexibility index (Phi) is 3.30. The third-order valence-corrected chi connectivity index (χ3v) is 2.72. The number of aliphatic hydroxyl groups excluding tert-OH is 3. The SMILES string of the molecule is O=c1[nH]c(=O)n([C@@H]2O[C@H](CO)C(O)[C@@H]2O)cc1F. The molecule has 1 aromatic heterocycles. The molecule has 18 heavy (non-hydrogen) atoms. The quantitative estimate of drug-likeness (QED) is 0.459. The van der Waals surface area contributed by atoms with Gasteiger partial charge in [-0.3, -0.25) is 14.3 Å². The van der Waals surface area contributed by atoms with Crippen molar-refractivity contribution in [2.45, 2.75) is 24.5 Å². The molecule has 1 saturated heterocycles. The maximum atomic E-state index is 13.1. The summed E-state index contributed by atoms with van der Waals surface area (Å²) in [4.78, 5) is 24.0. The van der Waals surface area contributed by atoms with Crippen LogP contribution in [0.25, 0.3) is 0 Å². The Morgan fingerprint density at radius 3 is 2.61 bits per heavy atom. The van der Waals surface area contributed by atoms with Crippen molar-refractivity contribution >= 4 is 0 Å². The highest BCUT2D eigenvalue weighted by Crippen LogP contribution is 2.27. The molecule has 2 heterocycles. The lowest BCUT2D eigenvalue weighted by Crippen LogP contribution is -2.38. The highest BCUT2D eigenvalue weighted by molar-refractivity contribution is 4.94. The maximum absolute atomic E-state index is 13.1. The average Bonchev–Trinajstić information content (AvgIpc) is 2.61. The van der Waals surface area contributed by atoms with Crippen LogP contribution in [-0.2, 0) is 4.74 Å². The molecule has 1 unspecified atom stereocenters. The van der Waals surface area contributed by atoms with Crippen LogP contribution in [-0.4, -0.2) is 49.8 Å². The Morgan fingerprint density at radius 1 is 1.39 bits per heavy atom. The summed E-state index contributed by atoms with van der Waals surface area (Å²) in [5.74, 6) is -1.23. The molecule has 1 aliphatic rings. The number of aromatic amines is 1. The standard InChI is InChI=1S/C9H11FN2O6/c10-3-1-12(9(17)11-7(3)16)8-6(15)5(14)4(2-13)18-8/h1,4-6,8,13-15H,2H2,(H,11,16,17)/t4-,5?,6+,8-/m1/s1. The molecule has 0 radical (unpaired) electrons. The summed E-state index contributed by atoms with van der Waals surface area (Å²) in [6.07, 6.45) is -4.84. The summed E-state index contributed by atoms with van der Waals surface area (Å²) < 4.78 is 18.7. The fourth-order valence-electron chi connectivity index (χ4n) is 1.76. The lowest BCUT2D eigenvalue weighted by Gasteiger charge is -2.16. The van der Waals surface area contributed by atoms with Crippen LogP contribution in [0.5, 0.6) is 0 Å². The molecular weight excluding hydrogens is 251 g/mol. The van der Waals surface area contributed by atoms with Gasteiger partial charge < -0.3 is 20.1 Å². The zero-order valence-corrected chi connectivity index (χ0v) is 8.99. The Balaban J connectivity index is 2.42. The van der Waals surface area contributed by atoms with Gasteiger partial charge in [0, 0.05) is 0 Å². The predicted molar refractivity (Wildman–Crippen MR) is 54.3 cm³/mol. The lowest BCUT2D eigenvalue weighted by molar-refractivity contribution is -0.0554. The highest BCUT2D eigenvalue weighted by Gasteiger charge is 2.43. The van der Waals surface area contributed by atoms with Crippen molar-refractivity contribution in [2.24, 2.45) is 0 Å². The highest BCUT2D eigenvalue weighted by atomic mass is 19.1. The minimum atomic E-state index is -1.52. The summed E-state index contributed by atoms with van der Waals surface area (Å²) in [6, 6.07) is 0. The van der Waals surface area contributed by atoms with Crippen molar-refractivity contribution < 1.29 is 24.4 Å². The van der Waals surface area contributed by atoms with E-state index in [4.69, 9.17) is 9.84 Å². The Morgan fingerprint density at radius 2 is 2.06 bits per heavy atom. The first-order chi connectivity index (χ1) is 8.45. The largest absolute Gasteiger partial charge is 0.394 e. The smallest absolute Gasteiger partial charge is 0.330 e. The number of nitrogens with one attached hydrogen (secondary N) is 1.